The van der Waals surface area contributed by atoms with E-state index >= 15 is 0 Å². The molecule has 13 rings (SSSR count). The fraction of sp³-hybridized carbons (Fsp3) is 0.273. The molecule has 13 aromatic rings. The van der Waals surface area contributed by atoms with Crippen LogP contribution in [0.4, 0.5) is 17.1 Å². The van der Waals surface area contributed by atoms with Crippen LogP contribution in [0.3, 0.4) is 0 Å². The van der Waals surface area contributed by atoms with Crippen molar-refractivity contribution in [2.75, 3.05) is 4.90 Å². The van der Waals surface area contributed by atoms with Crippen molar-refractivity contribution in [1.29, 1.82) is 0 Å². The molecule has 0 aliphatic heterocycles. The summed E-state index contributed by atoms with van der Waals surface area (Å²) in [6.45, 7) is 42.1. The third-order valence-corrected chi connectivity index (χ3v) is 19.2. The lowest BCUT2D eigenvalue weighted by atomic mass is 9.78. The second kappa shape index (κ2) is 21.5. The van der Waals surface area contributed by atoms with Crippen LogP contribution in [0.25, 0.3) is 104 Å². The molecule has 0 aliphatic carbocycles. The molecule has 0 unspecified atom stereocenters. The van der Waals surface area contributed by atoms with Crippen molar-refractivity contribution in [2.45, 2.75) is 157 Å². The van der Waals surface area contributed by atoms with Crippen molar-refractivity contribution in [3.63, 3.8) is 0 Å². The summed E-state index contributed by atoms with van der Waals surface area (Å²) in [5.41, 5.74) is 24.6. The maximum Gasteiger partial charge on any atom is 0.0541 e. The number of anilines is 3. The first-order valence-corrected chi connectivity index (χ1v) is 32.7. The Kier molecular flexibility index (Phi) is 14.4. The largest absolute Gasteiger partial charge is 0.310 e. The monoisotopic (exact) mass is 1170 g/mol. The first kappa shape index (κ1) is 60.2. The van der Waals surface area contributed by atoms with Gasteiger partial charge in [-0.15, -0.1) is 0 Å². The number of benzene rings is 12. The molecule has 0 aliphatic rings. The molecule has 2 nitrogen and oxygen atoms in total. The number of rotatable bonds is 8. The lowest BCUT2D eigenvalue weighted by Crippen LogP contribution is -2.18. The van der Waals surface area contributed by atoms with Crippen LogP contribution < -0.4 is 4.90 Å². The predicted molar refractivity (Wildman–Crippen MR) is 393 cm³/mol. The van der Waals surface area contributed by atoms with E-state index in [2.05, 4.69) is 352 Å². The van der Waals surface area contributed by atoms with Crippen molar-refractivity contribution in [1.82, 2.24) is 4.57 Å². The summed E-state index contributed by atoms with van der Waals surface area (Å²) in [5, 5.41) is 9.94. The fourth-order valence-electron chi connectivity index (χ4n) is 13.9. The summed E-state index contributed by atoms with van der Waals surface area (Å²) in [4.78, 5) is 2.55. The molecule has 90 heavy (non-hydrogen) atoms. The van der Waals surface area contributed by atoms with Gasteiger partial charge in [0.25, 0.3) is 0 Å². The highest BCUT2D eigenvalue weighted by Gasteiger charge is 2.29. The Morgan fingerprint density at radius 1 is 0.267 bits per heavy atom. The lowest BCUT2D eigenvalue weighted by molar-refractivity contribution is 0.568. The Labute approximate surface area is 536 Å². The number of hydrogen-bond donors (Lipinski definition) is 0. The van der Waals surface area contributed by atoms with Crippen molar-refractivity contribution >= 4 is 71.2 Å². The molecule has 0 atom stereocenters. The van der Waals surface area contributed by atoms with E-state index in [9.17, 15) is 0 Å². The summed E-state index contributed by atoms with van der Waals surface area (Å²) in [6.07, 6.45) is 0. The van der Waals surface area contributed by atoms with Crippen molar-refractivity contribution in [3.05, 3.63) is 252 Å². The van der Waals surface area contributed by atoms with Gasteiger partial charge in [0.05, 0.1) is 22.4 Å². The highest BCUT2D eigenvalue weighted by molar-refractivity contribution is 6.27. The van der Waals surface area contributed by atoms with Gasteiger partial charge < -0.3 is 9.47 Å². The van der Waals surface area contributed by atoms with Crippen molar-refractivity contribution < 1.29 is 0 Å². The van der Waals surface area contributed by atoms with Crippen molar-refractivity contribution in [3.8, 4) is 50.2 Å². The molecular formula is C88H90N2. The molecule has 0 bridgehead atoms. The van der Waals surface area contributed by atoms with Crippen LogP contribution in [0.1, 0.15) is 158 Å². The van der Waals surface area contributed by atoms with E-state index < -0.39 is 0 Å². The third kappa shape index (κ3) is 10.9. The Balaban J connectivity index is 1.07. The molecule has 1 aromatic heterocycles. The number of aromatic nitrogens is 1. The number of hydrogen-bond acceptors (Lipinski definition) is 1. The number of nitrogens with zero attached hydrogens (tertiary/aromatic N) is 2. The van der Waals surface area contributed by atoms with Gasteiger partial charge in [0.1, 0.15) is 0 Å². The van der Waals surface area contributed by atoms with Gasteiger partial charge in [0.2, 0.25) is 0 Å². The smallest absolute Gasteiger partial charge is 0.0541 e. The van der Waals surface area contributed by atoms with Crippen LogP contribution in [0.5, 0.6) is 0 Å². The van der Waals surface area contributed by atoms with Crippen LogP contribution in [0, 0.1) is 0 Å². The zero-order valence-electron chi connectivity index (χ0n) is 56.7. The Morgan fingerprint density at radius 2 is 0.644 bits per heavy atom. The number of fused-ring (bicyclic) bond motifs is 3. The average Bonchev–Trinajstić information content (AvgIpc) is 1.25. The minimum Gasteiger partial charge on any atom is -0.310 e. The zero-order valence-corrected chi connectivity index (χ0v) is 56.7. The van der Waals surface area contributed by atoms with Gasteiger partial charge in [0.15, 0.2) is 0 Å². The molecule has 1 heterocycles. The SMILES string of the molecule is CC(C)(C)c1cc(-c2ccc3c(c2)c2cc(-c4cc(C(C)(C)C)cc(C(C)(C)C)c4)ccc2n3-c2ccc3ccc4c(N(c5ccc(-c6ccccc6)c(C(C)(C)C)c5)c5ccc(-c6ccccc6)c(C(C)(C)C)c5)ccc5ccc2c3c54)cc(C(C)(C)C)c1. The fourth-order valence-corrected chi connectivity index (χ4v) is 13.9. The summed E-state index contributed by atoms with van der Waals surface area (Å²) in [6, 6.07) is 84.3. The van der Waals surface area contributed by atoms with Gasteiger partial charge >= 0.3 is 0 Å². The van der Waals surface area contributed by atoms with Gasteiger partial charge in [-0.25, -0.2) is 0 Å². The second-order valence-corrected chi connectivity index (χ2v) is 32.0. The molecule has 0 saturated carbocycles. The van der Waals surface area contributed by atoms with Crippen LogP contribution >= 0.6 is 0 Å². The highest BCUT2D eigenvalue weighted by Crippen LogP contribution is 2.50. The molecule has 12 aromatic carbocycles. The molecule has 2 heteroatoms. The molecule has 0 saturated heterocycles. The van der Waals surface area contributed by atoms with Gasteiger partial charge in [-0.05, 0) is 193 Å². The minimum atomic E-state index is -0.143. The van der Waals surface area contributed by atoms with Crippen LogP contribution in [0.2, 0.25) is 0 Å². The summed E-state index contributed by atoms with van der Waals surface area (Å²) in [7, 11) is 0. The Morgan fingerprint density at radius 3 is 1.04 bits per heavy atom. The molecule has 0 spiro atoms. The first-order valence-electron chi connectivity index (χ1n) is 32.7. The highest BCUT2D eigenvalue weighted by atomic mass is 15.1. The maximum absolute atomic E-state index is 2.57. The molecule has 452 valence electrons. The van der Waals surface area contributed by atoms with Crippen LogP contribution in [0.15, 0.2) is 218 Å². The van der Waals surface area contributed by atoms with E-state index in [1.54, 1.807) is 0 Å². The summed E-state index contributed by atoms with van der Waals surface area (Å²) in [5.74, 6) is 0. The topological polar surface area (TPSA) is 8.17 Å². The summed E-state index contributed by atoms with van der Waals surface area (Å²) < 4.78 is 2.57. The van der Waals surface area contributed by atoms with Gasteiger partial charge in [-0.2, -0.15) is 0 Å². The van der Waals surface area contributed by atoms with E-state index in [4.69, 9.17) is 0 Å². The molecule has 0 N–H and O–H groups in total. The molecule has 0 amide bonds. The molecule has 0 radical (unpaired) electrons. The van der Waals surface area contributed by atoms with E-state index in [0.717, 1.165) is 17.1 Å². The van der Waals surface area contributed by atoms with E-state index in [-0.39, 0.29) is 32.5 Å². The van der Waals surface area contributed by atoms with E-state index in [1.807, 2.05) is 0 Å². The van der Waals surface area contributed by atoms with E-state index in [1.165, 1.54) is 138 Å². The van der Waals surface area contributed by atoms with Gasteiger partial charge in [0, 0.05) is 32.9 Å². The maximum atomic E-state index is 2.57. The second-order valence-electron chi connectivity index (χ2n) is 32.0. The van der Waals surface area contributed by atoms with Crippen LogP contribution in [-0.4, -0.2) is 4.57 Å². The third-order valence-electron chi connectivity index (χ3n) is 19.2. The quantitative estimate of drug-likeness (QED) is 0.138. The predicted octanol–water partition coefficient (Wildman–Crippen LogP) is 25.6. The lowest BCUT2D eigenvalue weighted by Gasteiger charge is -2.32. The van der Waals surface area contributed by atoms with Crippen LogP contribution in [-0.2, 0) is 32.5 Å². The van der Waals surface area contributed by atoms with Gasteiger partial charge in [-0.1, -0.05) is 282 Å². The van der Waals surface area contributed by atoms with E-state index in [0.29, 0.717) is 0 Å². The first-order chi connectivity index (χ1) is 42.4. The summed E-state index contributed by atoms with van der Waals surface area (Å²) >= 11 is 0. The zero-order chi connectivity index (χ0) is 63.8. The van der Waals surface area contributed by atoms with Crippen molar-refractivity contribution in [2.24, 2.45) is 0 Å². The standard InChI is InChI=1S/C88H90N2/c1-83(2,3)63-45-61(46-64(51-63)84(4,5)6)59-33-43-79-73(49-59)74-50-60(62-47-65(85(7,8)9)52-66(48-62)86(10,11)12)34-44-80(74)90(79)78-42-32-58-29-37-71-77(41-31-57-30-38-72(78)82(58)81(57)71)89(67-35-39-69(55-25-21-19-22-26-55)75(53-67)87(13,14)15)68-36-40-70(56-27-23-20-24-28-56)76(54-68)88(16,17)18/h19-54H,1-18H3. The Bertz CT molecular complexity index is 4610. The minimum absolute atomic E-state index is 0.0134. The average molecular weight is 1180 g/mol. The van der Waals surface area contributed by atoms with Gasteiger partial charge in [-0.3, -0.25) is 0 Å². The molecular weight excluding hydrogens is 1080 g/mol. The Hall–Kier alpha value is -8.72. The molecule has 0 fully saturated rings. The normalized spacial score (nSPS) is 13.0.